The lowest BCUT2D eigenvalue weighted by atomic mass is 10.2. The Labute approximate surface area is 178 Å². The van der Waals surface area contributed by atoms with E-state index >= 15 is 0 Å². The Balaban J connectivity index is 0.00000338. The molecule has 0 radical (unpaired) electrons. The summed E-state index contributed by atoms with van der Waals surface area (Å²) in [5.41, 5.74) is 1.01. The zero-order chi connectivity index (χ0) is 17.9. The topological polar surface area (TPSA) is 64.1 Å². The van der Waals surface area contributed by atoms with Gasteiger partial charge in [0.25, 0.3) is 0 Å². The number of unbranched alkanes of at least 4 members (excludes halogenated alkanes) is 1. The summed E-state index contributed by atoms with van der Waals surface area (Å²) in [7, 11) is 1.75. The van der Waals surface area contributed by atoms with Crippen LogP contribution in [0.5, 0.6) is 11.5 Å². The lowest BCUT2D eigenvalue weighted by Crippen LogP contribution is -2.37. The highest BCUT2D eigenvalue weighted by Gasteiger charge is 2.16. The summed E-state index contributed by atoms with van der Waals surface area (Å²) in [4.78, 5) is 4.22. The van der Waals surface area contributed by atoms with Crippen LogP contribution in [0.3, 0.4) is 0 Å². The molecule has 6 nitrogen and oxygen atoms in total. The molecule has 2 rings (SSSR count). The lowest BCUT2D eigenvalue weighted by Gasteiger charge is -2.20. The number of hydrogen-bond donors (Lipinski definition) is 2. The Bertz CT molecular complexity index is 573. The molecule has 0 saturated carbocycles. The Kier molecular flexibility index (Phi) is 11.8. The fraction of sp³-hybridized carbons (Fsp3) is 0.611. The first-order valence-electron chi connectivity index (χ1n) is 8.85. The van der Waals surface area contributed by atoms with Crippen LogP contribution in [-0.2, 0) is 11.3 Å². The van der Waals surface area contributed by atoms with Crippen molar-refractivity contribution in [3.63, 3.8) is 0 Å². The normalized spacial score (nSPS) is 13.1. The second kappa shape index (κ2) is 13.3. The van der Waals surface area contributed by atoms with Gasteiger partial charge in [0.2, 0.25) is 0 Å². The SMILES string of the molecule is CCCCOCCCNC(=NC)NCc1cc(Cl)c2c(c1)OCCO2.I. The molecule has 26 heavy (non-hydrogen) atoms. The molecule has 1 aromatic carbocycles. The van der Waals surface area contributed by atoms with Crippen LogP contribution in [-0.4, -0.2) is 46.0 Å². The number of hydrogen-bond acceptors (Lipinski definition) is 4. The second-order valence-electron chi connectivity index (χ2n) is 5.77. The monoisotopic (exact) mass is 497 g/mol. The summed E-state index contributed by atoms with van der Waals surface area (Å²) in [6.07, 6.45) is 3.23. The van der Waals surface area contributed by atoms with Crippen molar-refractivity contribution in [1.82, 2.24) is 10.6 Å². The molecule has 1 aromatic rings. The maximum absolute atomic E-state index is 6.26. The first kappa shape index (κ1) is 23.1. The molecule has 2 N–H and O–H groups in total. The number of rotatable bonds is 9. The van der Waals surface area contributed by atoms with E-state index in [4.69, 9.17) is 25.8 Å². The van der Waals surface area contributed by atoms with Gasteiger partial charge in [-0.2, -0.15) is 0 Å². The molecule has 0 bridgehead atoms. The Morgan fingerprint density at radius 3 is 2.73 bits per heavy atom. The lowest BCUT2D eigenvalue weighted by molar-refractivity contribution is 0.129. The van der Waals surface area contributed by atoms with E-state index in [9.17, 15) is 0 Å². The van der Waals surface area contributed by atoms with Gasteiger partial charge in [-0.3, -0.25) is 4.99 Å². The fourth-order valence-corrected chi connectivity index (χ4v) is 2.69. The van der Waals surface area contributed by atoms with Crippen LogP contribution in [0, 0.1) is 0 Å². The quantitative estimate of drug-likeness (QED) is 0.236. The van der Waals surface area contributed by atoms with Crippen LogP contribution in [0.15, 0.2) is 17.1 Å². The standard InChI is InChI=1S/C18H28ClN3O3.HI/c1-3-4-7-23-8-5-6-21-18(20-2)22-13-14-11-15(19)17-16(12-14)24-9-10-25-17;/h11-12H,3-10,13H2,1-2H3,(H2,20,21,22);1H. The first-order valence-corrected chi connectivity index (χ1v) is 9.22. The van der Waals surface area contributed by atoms with Gasteiger partial charge in [-0.15, -0.1) is 24.0 Å². The van der Waals surface area contributed by atoms with Crippen molar-refractivity contribution in [2.45, 2.75) is 32.7 Å². The highest BCUT2D eigenvalue weighted by molar-refractivity contribution is 14.0. The average Bonchev–Trinajstić information content (AvgIpc) is 2.63. The summed E-state index contributed by atoms with van der Waals surface area (Å²) >= 11 is 6.26. The number of ether oxygens (including phenoxy) is 3. The van der Waals surface area contributed by atoms with Gasteiger partial charge < -0.3 is 24.8 Å². The predicted octanol–water partition coefficient (Wildman–Crippen LogP) is 3.60. The number of nitrogens with zero attached hydrogens (tertiary/aromatic N) is 1. The molecule has 1 aliphatic rings. The van der Waals surface area contributed by atoms with Gasteiger partial charge in [-0.1, -0.05) is 24.9 Å². The zero-order valence-corrected chi connectivity index (χ0v) is 18.6. The molecule has 8 heteroatoms. The zero-order valence-electron chi connectivity index (χ0n) is 15.5. The van der Waals surface area contributed by atoms with E-state index in [2.05, 4.69) is 22.5 Å². The van der Waals surface area contributed by atoms with E-state index in [-0.39, 0.29) is 24.0 Å². The largest absolute Gasteiger partial charge is 0.486 e. The molecule has 0 atom stereocenters. The fourth-order valence-electron chi connectivity index (χ4n) is 2.40. The van der Waals surface area contributed by atoms with Gasteiger partial charge >= 0.3 is 0 Å². The Morgan fingerprint density at radius 1 is 1.19 bits per heavy atom. The van der Waals surface area contributed by atoms with Crippen molar-refractivity contribution < 1.29 is 14.2 Å². The number of guanidine groups is 1. The van der Waals surface area contributed by atoms with Crippen molar-refractivity contribution >= 4 is 41.5 Å². The highest BCUT2D eigenvalue weighted by atomic mass is 127. The maximum Gasteiger partial charge on any atom is 0.191 e. The van der Waals surface area contributed by atoms with Gasteiger partial charge in [0.05, 0.1) is 5.02 Å². The molecule has 0 aromatic heterocycles. The summed E-state index contributed by atoms with van der Waals surface area (Å²) in [5, 5.41) is 7.12. The summed E-state index contributed by atoms with van der Waals surface area (Å²) in [6, 6.07) is 3.83. The molecule has 0 saturated heterocycles. The Hall–Kier alpha value is -0.930. The van der Waals surface area contributed by atoms with Crippen molar-refractivity contribution in [2.75, 3.05) is 40.0 Å². The number of aliphatic imine (C=N–C) groups is 1. The number of nitrogens with one attached hydrogen (secondary N) is 2. The molecule has 0 unspecified atom stereocenters. The minimum absolute atomic E-state index is 0. The molecule has 1 aliphatic heterocycles. The van der Waals surface area contributed by atoms with Crippen LogP contribution >= 0.6 is 35.6 Å². The molecular formula is C18H29ClIN3O3. The van der Waals surface area contributed by atoms with Gasteiger partial charge in [-0.25, -0.2) is 0 Å². The van der Waals surface area contributed by atoms with Gasteiger partial charge in [-0.05, 0) is 30.5 Å². The molecule has 0 amide bonds. The van der Waals surface area contributed by atoms with E-state index in [0.717, 1.165) is 44.1 Å². The van der Waals surface area contributed by atoms with Crippen molar-refractivity contribution in [3.05, 3.63) is 22.7 Å². The minimum atomic E-state index is 0. The molecule has 1 heterocycles. The van der Waals surface area contributed by atoms with Gasteiger partial charge in [0, 0.05) is 33.4 Å². The minimum Gasteiger partial charge on any atom is -0.486 e. The maximum atomic E-state index is 6.26. The third-order valence-electron chi connectivity index (χ3n) is 3.74. The summed E-state index contributed by atoms with van der Waals surface area (Å²) < 4.78 is 16.7. The van der Waals surface area contributed by atoms with Crippen LogP contribution < -0.4 is 20.1 Å². The molecule has 0 fully saturated rings. The summed E-state index contributed by atoms with van der Waals surface area (Å²) in [5.74, 6) is 2.07. The van der Waals surface area contributed by atoms with E-state index in [1.54, 1.807) is 7.05 Å². The van der Waals surface area contributed by atoms with E-state index in [1.807, 2.05) is 12.1 Å². The van der Waals surface area contributed by atoms with E-state index in [0.29, 0.717) is 36.3 Å². The molecule has 0 spiro atoms. The van der Waals surface area contributed by atoms with Crippen LogP contribution in [0.4, 0.5) is 0 Å². The smallest absolute Gasteiger partial charge is 0.191 e. The molecule has 0 aliphatic carbocycles. The number of benzene rings is 1. The average molecular weight is 498 g/mol. The van der Waals surface area contributed by atoms with Crippen LogP contribution in [0.25, 0.3) is 0 Å². The van der Waals surface area contributed by atoms with Crippen molar-refractivity contribution in [1.29, 1.82) is 0 Å². The molecular weight excluding hydrogens is 469 g/mol. The third kappa shape index (κ3) is 7.75. The molecule has 148 valence electrons. The third-order valence-corrected chi connectivity index (χ3v) is 4.02. The number of fused-ring (bicyclic) bond motifs is 1. The van der Waals surface area contributed by atoms with Crippen LogP contribution in [0.1, 0.15) is 31.7 Å². The summed E-state index contributed by atoms with van der Waals surface area (Å²) in [6.45, 7) is 6.26. The van der Waals surface area contributed by atoms with Gasteiger partial charge in [0.1, 0.15) is 13.2 Å². The Morgan fingerprint density at radius 2 is 1.96 bits per heavy atom. The van der Waals surface area contributed by atoms with Crippen LogP contribution in [0.2, 0.25) is 5.02 Å². The highest BCUT2D eigenvalue weighted by Crippen LogP contribution is 2.38. The van der Waals surface area contributed by atoms with Crippen molar-refractivity contribution in [3.8, 4) is 11.5 Å². The van der Waals surface area contributed by atoms with Gasteiger partial charge in [0.15, 0.2) is 17.5 Å². The predicted molar refractivity (Wildman–Crippen MR) is 116 cm³/mol. The van der Waals surface area contributed by atoms with E-state index in [1.165, 1.54) is 6.42 Å². The second-order valence-corrected chi connectivity index (χ2v) is 6.18. The van der Waals surface area contributed by atoms with Crippen molar-refractivity contribution in [2.24, 2.45) is 4.99 Å². The number of halogens is 2. The first-order chi connectivity index (χ1) is 12.2. The van der Waals surface area contributed by atoms with E-state index < -0.39 is 0 Å².